The molecule has 1 aliphatic rings. The van der Waals surface area contributed by atoms with E-state index >= 15 is 0 Å². The molecule has 0 saturated carbocycles. The summed E-state index contributed by atoms with van der Waals surface area (Å²) >= 11 is 1.76. The van der Waals surface area contributed by atoms with Gasteiger partial charge in [-0.25, -0.2) is 0 Å². The highest BCUT2D eigenvalue weighted by Crippen LogP contribution is 2.24. The van der Waals surface area contributed by atoms with Crippen LogP contribution in [-0.4, -0.2) is 37.6 Å². The Morgan fingerprint density at radius 1 is 1.22 bits per heavy atom. The Balaban J connectivity index is 1.29. The van der Waals surface area contributed by atoms with Crippen molar-refractivity contribution in [1.82, 2.24) is 10.3 Å². The normalized spacial score (nSPS) is 20.0. The van der Waals surface area contributed by atoms with Gasteiger partial charge in [0.25, 0.3) is 0 Å². The Bertz CT molecular complexity index is 861. The van der Waals surface area contributed by atoms with Gasteiger partial charge in [0.2, 0.25) is 0 Å². The SMILES string of the molecule is COc1ccc2nccc(CC[C@H]3OC[C@H](NCc4cccs4)CO3)c2c1. The van der Waals surface area contributed by atoms with Crippen molar-refractivity contribution in [2.45, 2.75) is 31.7 Å². The van der Waals surface area contributed by atoms with Gasteiger partial charge in [-0.3, -0.25) is 4.98 Å². The van der Waals surface area contributed by atoms with Gasteiger partial charge in [-0.05, 0) is 47.7 Å². The number of aromatic nitrogens is 1. The molecule has 0 radical (unpaired) electrons. The summed E-state index contributed by atoms with van der Waals surface area (Å²) in [5.41, 5.74) is 2.22. The predicted molar refractivity (Wildman–Crippen MR) is 107 cm³/mol. The fourth-order valence-electron chi connectivity index (χ4n) is 3.29. The van der Waals surface area contributed by atoms with Crippen molar-refractivity contribution in [3.8, 4) is 5.75 Å². The number of methoxy groups -OCH3 is 1. The molecule has 1 fully saturated rings. The number of fused-ring (bicyclic) bond motifs is 1. The maximum absolute atomic E-state index is 5.92. The van der Waals surface area contributed by atoms with Crippen LogP contribution in [0.3, 0.4) is 0 Å². The van der Waals surface area contributed by atoms with Crippen molar-refractivity contribution < 1.29 is 14.2 Å². The lowest BCUT2D eigenvalue weighted by molar-refractivity contribution is -0.192. The molecule has 4 rings (SSSR count). The zero-order valence-corrected chi connectivity index (χ0v) is 16.2. The van der Waals surface area contributed by atoms with Crippen LogP contribution >= 0.6 is 11.3 Å². The van der Waals surface area contributed by atoms with E-state index in [2.05, 4.69) is 33.9 Å². The monoisotopic (exact) mass is 384 g/mol. The van der Waals surface area contributed by atoms with Crippen LogP contribution in [0.4, 0.5) is 0 Å². The van der Waals surface area contributed by atoms with Crippen LogP contribution in [0.15, 0.2) is 48.0 Å². The van der Waals surface area contributed by atoms with Crippen LogP contribution in [0, 0.1) is 0 Å². The molecule has 0 unspecified atom stereocenters. The Labute approximate surface area is 163 Å². The van der Waals surface area contributed by atoms with Crippen molar-refractivity contribution in [2.75, 3.05) is 20.3 Å². The smallest absolute Gasteiger partial charge is 0.158 e. The van der Waals surface area contributed by atoms with Gasteiger partial charge < -0.3 is 19.5 Å². The number of nitrogens with one attached hydrogen (secondary N) is 1. The van der Waals surface area contributed by atoms with Crippen LogP contribution in [0.25, 0.3) is 10.9 Å². The number of rotatable bonds is 7. The molecule has 5 nitrogen and oxygen atoms in total. The van der Waals surface area contributed by atoms with Gasteiger partial charge in [-0.2, -0.15) is 0 Å². The summed E-state index contributed by atoms with van der Waals surface area (Å²) in [6.45, 7) is 2.23. The number of benzene rings is 1. The van der Waals surface area contributed by atoms with Crippen molar-refractivity contribution >= 4 is 22.2 Å². The first-order valence-electron chi connectivity index (χ1n) is 9.22. The molecule has 6 heteroatoms. The second-order valence-electron chi connectivity index (χ2n) is 6.65. The summed E-state index contributed by atoms with van der Waals surface area (Å²) in [6.07, 6.45) is 3.41. The Morgan fingerprint density at radius 2 is 2.11 bits per heavy atom. The Morgan fingerprint density at radius 3 is 2.89 bits per heavy atom. The van der Waals surface area contributed by atoms with Gasteiger partial charge in [-0.15, -0.1) is 11.3 Å². The molecule has 27 heavy (non-hydrogen) atoms. The molecule has 142 valence electrons. The number of hydrogen-bond acceptors (Lipinski definition) is 6. The van der Waals surface area contributed by atoms with Gasteiger partial charge >= 0.3 is 0 Å². The van der Waals surface area contributed by atoms with E-state index in [1.807, 2.05) is 24.4 Å². The lowest BCUT2D eigenvalue weighted by atomic mass is 10.0. The number of aryl methyl sites for hydroxylation is 1. The van der Waals surface area contributed by atoms with E-state index in [1.165, 1.54) is 10.4 Å². The summed E-state index contributed by atoms with van der Waals surface area (Å²) < 4.78 is 17.2. The third-order valence-electron chi connectivity index (χ3n) is 4.80. The molecule has 0 spiro atoms. The topological polar surface area (TPSA) is 52.6 Å². The predicted octanol–water partition coefficient (Wildman–Crippen LogP) is 3.77. The summed E-state index contributed by atoms with van der Waals surface area (Å²) in [5.74, 6) is 0.849. The second kappa shape index (κ2) is 8.80. The highest BCUT2D eigenvalue weighted by atomic mass is 32.1. The number of thiophene rings is 1. The number of ether oxygens (including phenoxy) is 3. The standard InChI is InChI=1S/C21H24N2O3S/c1-24-17-5-6-20-19(11-17)15(8-9-22-20)4-7-21-25-13-16(14-26-21)23-12-18-3-2-10-27-18/h2-3,5-6,8-11,16,21,23H,4,7,12-14H2,1H3/t16-,21-. The average Bonchev–Trinajstić information content (AvgIpc) is 3.24. The van der Waals surface area contributed by atoms with Gasteiger partial charge in [0, 0.05) is 29.4 Å². The van der Waals surface area contributed by atoms with E-state index in [4.69, 9.17) is 14.2 Å². The van der Waals surface area contributed by atoms with Crippen molar-refractivity contribution in [1.29, 1.82) is 0 Å². The molecule has 0 amide bonds. The zero-order valence-electron chi connectivity index (χ0n) is 15.4. The van der Waals surface area contributed by atoms with Crippen LogP contribution in [0.2, 0.25) is 0 Å². The Kier molecular flexibility index (Phi) is 5.99. The molecular weight excluding hydrogens is 360 g/mol. The second-order valence-corrected chi connectivity index (χ2v) is 7.68. The minimum Gasteiger partial charge on any atom is -0.497 e. The molecule has 1 aromatic carbocycles. The highest BCUT2D eigenvalue weighted by molar-refractivity contribution is 7.09. The largest absolute Gasteiger partial charge is 0.497 e. The maximum atomic E-state index is 5.92. The van der Waals surface area contributed by atoms with Crippen molar-refractivity contribution in [3.05, 3.63) is 58.4 Å². The van der Waals surface area contributed by atoms with Crippen LogP contribution in [0.1, 0.15) is 16.9 Å². The number of hydrogen-bond donors (Lipinski definition) is 1. The molecule has 3 heterocycles. The quantitative estimate of drug-likeness (QED) is 0.672. The minimum atomic E-state index is -0.154. The lowest BCUT2D eigenvalue weighted by Crippen LogP contribution is -2.44. The Hall–Kier alpha value is -1.99. The number of pyridine rings is 1. The molecule has 0 atom stereocenters. The van der Waals surface area contributed by atoms with Crippen LogP contribution < -0.4 is 10.1 Å². The summed E-state index contributed by atoms with van der Waals surface area (Å²) in [6, 6.07) is 12.5. The van der Waals surface area contributed by atoms with Gasteiger partial charge in [0.15, 0.2) is 6.29 Å². The van der Waals surface area contributed by atoms with Gasteiger partial charge in [0.1, 0.15) is 5.75 Å². The first-order chi connectivity index (χ1) is 13.3. The fraction of sp³-hybridized carbons (Fsp3) is 0.381. The zero-order chi connectivity index (χ0) is 18.5. The first-order valence-corrected chi connectivity index (χ1v) is 10.1. The summed E-state index contributed by atoms with van der Waals surface area (Å²) in [4.78, 5) is 5.77. The van der Waals surface area contributed by atoms with E-state index < -0.39 is 0 Å². The van der Waals surface area contributed by atoms with Crippen molar-refractivity contribution in [3.63, 3.8) is 0 Å². The molecule has 0 bridgehead atoms. The van der Waals surface area contributed by atoms with Crippen LogP contribution in [-0.2, 0) is 22.4 Å². The van der Waals surface area contributed by atoms with E-state index in [-0.39, 0.29) is 12.3 Å². The minimum absolute atomic E-state index is 0.154. The fourth-order valence-corrected chi connectivity index (χ4v) is 3.94. The van der Waals surface area contributed by atoms with E-state index in [1.54, 1.807) is 18.4 Å². The molecule has 1 saturated heterocycles. The highest BCUT2D eigenvalue weighted by Gasteiger charge is 2.22. The van der Waals surface area contributed by atoms with E-state index in [9.17, 15) is 0 Å². The average molecular weight is 385 g/mol. The molecule has 1 N–H and O–H groups in total. The number of nitrogens with zero attached hydrogens (tertiary/aromatic N) is 1. The third-order valence-corrected chi connectivity index (χ3v) is 5.68. The molecular formula is C21H24N2O3S. The lowest BCUT2D eigenvalue weighted by Gasteiger charge is -2.30. The van der Waals surface area contributed by atoms with Gasteiger partial charge in [-0.1, -0.05) is 6.07 Å². The first kappa shape index (κ1) is 18.4. The molecule has 2 aromatic heterocycles. The summed E-state index contributed by atoms with van der Waals surface area (Å²) in [5, 5.41) is 6.72. The third kappa shape index (κ3) is 4.65. The maximum Gasteiger partial charge on any atom is 0.158 e. The van der Waals surface area contributed by atoms with Gasteiger partial charge in [0.05, 0.1) is 31.9 Å². The molecule has 3 aromatic rings. The van der Waals surface area contributed by atoms with E-state index in [0.29, 0.717) is 13.2 Å². The van der Waals surface area contributed by atoms with Crippen LogP contribution in [0.5, 0.6) is 5.75 Å². The summed E-state index contributed by atoms with van der Waals surface area (Å²) in [7, 11) is 1.68. The van der Waals surface area contributed by atoms with Crippen molar-refractivity contribution in [2.24, 2.45) is 0 Å². The molecule has 0 aliphatic carbocycles. The van der Waals surface area contributed by atoms with E-state index in [0.717, 1.165) is 36.0 Å². The molecule has 1 aliphatic heterocycles.